The summed E-state index contributed by atoms with van der Waals surface area (Å²) in [4.78, 5) is 15.2. The van der Waals surface area contributed by atoms with Crippen molar-refractivity contribution in [3.8, 4) is 0 Å². The number of benzene rings is 1. The van der Waals surface area contributed by atoms with Crippen molar-refractivity contribution >= 4 is 21.6 Å². The van der Waals surface area contributed by atoms with Gasteiger partial charge < -0.3 is 9.47 Å². The fraction of sp³-hybridized carbons (Fsp3) is 0.500. The fourth-order valence-corrected chi connectivity index (χ4v) is 5.32. The Kier molecular flexibility index (Phi) is 6.67. The molecule has 2 heterocycles. The molecule has 6 nitrogen and oxygen atoms in total. The molecule has 1 aliphatic heterocycles. The molecule has 0 fully saturated rings. The number of unbranched alkanes of at least 4 members (excludes halogenated alkanes) is 2. The number of carbonyl (C=O) groups is 1. The van der Waals surface area contributed by atoms with E-state index in [1.165, 1.54) is 10.4 Å². The van der Waals surface area contributed by atoms with Crippen molar-refractivity contribution in [1.29, 1.82) is 0 Å². The zero-order valence-electron chi connectivity index (χ0n) is 17.6. The maximum atomic E-state index is 13.3. The number of aromatic nitrogens is 1. The quantitative estimate of drug-likeness (QED) is 0.623. The van der Waals surface area contributed by atoms with Gasteiger partial charge in [-0.15, -0.1) is 0 Å². The Hall–Kier alpha value is -2.28. The van der Waals surface area contributed by atoms with Crippen LogP contribution in [0.5, 0.6) is 0 Å². The molecule has 0 atom stereocenters. The number of hydrogen-bond acceptors (Lipinski definition) is 3. The van der Waals surface area contributed by atoms with Gasteiger partial charge in [-0.25, -0.2) is 8.42 Å². The highest BCUT2D eigenvalue weighted by atomic mass is 32.2. The van der Waals surface area contributed by atoms with E-state index in [0.717, 1.165) is 36.9 Å². The maximum absolute atomic E-state index is 13.3. The minimum Gasteiger partial charge on any atom is -0.345 e. The van der Waals surface area contributed by atoms with E-state index in [9.17, 15) is 13.2 Å². The van der Waals surface area contributed by atoms with Crippen LogP contribution in [-0.2, 0) is 23.5 Å². The number of hydrogen-bond donors (Lipinski definition) is 0. The standard InChI is InChI=1S/C22H31N3O3S/c1-4-6-13-24(14-7-5-2)22(26)21-16-19(17-23(21)3)29(27,28)25-15-12-18-10-8-9-11-20(18)25/h8-11,16-17H,4-7,12-15H2,1-3H3. The highest BCUT2D eigenvalue weighted by molar-refractivity contribution is 7.92. The van der Waals surface area contributed by atoms with Crippen LogP contribution in [0.15, 0.2) is 41.4 Å². The van der Waals surface area contributed by atoms with Crippen molar-refractivity contribution < 1.29 is 13.2 Å². The molecule has 2 aromatic rings. The van der Waals surface area contributed by atoms with Crippen LogP contribution < -0.4 is 4.31 Å². The Labute approximate surface area is 174 Å². The van der Waals surface area contributed by atoms with Gasteiger partial charge in [-0.1, -0.05) is 44.9 Å². The molecule has 0 saturated heterocycles. The third-order valence-corrected chi connectivity index (χ3v) is 7.26. The average Bonchev–Trinajstić information content (AvgIpc) is 3.32. The van der Waals surface area contributed by atoms with Crippen LogP contribution >= 0.6 is 0 Å². The Bertz CT molecular complexity index is 957. The van der Waals surface area contributed by atoms with Crippen LogP contribution in [0.4, 0.5) is 5.69 Å². The van der Waals surface area contributed by atoms with E-state index in [2.05, 4.69) is 13.8 Å². The van der Waals surface area contributed by atoms with Gasteiger partial charge in [0.25, 0.3) is 15.9 Å². The predicted molar refractivity (Wildman–Crippen MR) is 116 cm³/mol. The molecule has 0 radical (unpaired) electrons. The molecule has 0 unspecified atom stereocenters. The summed E-state index contributed by atoms with van der Waals surface area (Å²) in [7, 11) is -1.97. The molecule has 0 N–H and O–H groups in total. The van der Waals surface area contributed by atoms with Crippen LogP contribution in [0.2, 0.25) is 0 Å². The van der Waals surface area contributed by atoms with Gasteiger partial charge >= 0.3 is 0 Å². The number of rotatable bonds is 9. The van der Waals surface area contributed by atoms with E-state index in [1.54, 1.807) is 17.8 Å². The summed E-state index contributed by atoms with van der Waals surface area (Å²) in [6, 6.07) is 9.11. The summed E-state index contributed by atoms with van der Waals surface area (Å²) in [6.45, 7) is 6.02. The average molecular weight is 418 g/mol. The number of fused-ring (bicyclic) bond motifs is 1. The lowest BCUT2D eigenvalue weighted by Crippen LogP contribution is -2.34. The zero-order chi connectivity index (χ0) is 21.0. The first-order valence-electron chi connectivity index (χ1n) is 10.5. The zero-order valence-corrected chi connectivity index (χ0v) is 18.4. The molecule has 1 aromatic heterocycles. The number of aryl methyl sites for hydroxylation is 1. The molecule has 29 heavy (non-hydrogen) atoms. The highest BCUT2D eigenvalue weighted by Gasteiger charge is 2.32. The van der Waals surface area contributed by atoms with Crippen molar-refractivity contribution in [2.75, 3.05) is 23.9 Å². The third-order valence-electron chi connectivity index (χ3n) is 5.48. The number of sulfonamides is 1. The summed E-state index contributed by atoms with van der Waals surface area (Å²) in [5.74, 6) is -0.0994. The largest absolute Gasteiger partial charge is 0.345 e. The van der Waals surface area contributed by atoms with Crippen molar-refractivity contribution in [1.82, 2.24) is 9.47 Å². The molecule has 0 saturated carbocycles. The Morgan fingerprint density at radius 3 is 2.41 bits per heavy atom. The van der Waals surface area contributed by atoms with E-state index in [1.807, 2.05) is 29.2 Å². The van der Waals surface area contributed by atoms with Crippen LogP contribution in [0.1, 0.15) is 55.6 Å². The topological polar surface area (TPSA) is 62.6 Å². The molecule has 3 rings (SSSR count). The summed E-state index contributed by atoms with van der Waals surface area (Å²) in [5, 5.41) is 0. The number of amides is 1. The van der Waals surface area contributed by atoms with Crippen molar-refractivity contribution in [2.45, 2.75) is 50.8 Å². The number of nitrogens with zero attached hydrogens (tertiary/aromatic N) is 3. The molecule has 1 amide bonds. The van der Waals surface area contributed by atoms with E-state index >= 15 is 0 Å². The van der Waals surface area contributed by atoms with E-state index < -0.39 is 10.0 Å². The van der Waals surface area contributed by atoms with Crippen LogP contribution in [0.25, 0.3) is 0 Å². The monoisotopic (exact) mass is 417 g/mol. The van der Waals surface area contributed by atoms with Gasteiger partial charge in [-0.3, -0.25) is 9.10 Å². The Balaban J connectivity index is 1.88. The SMILES string of the molecule is CCCCN(CCCC)C(=O)c1cc(S(=O)(=O)N2CCc3ccccc32)cn1C. The minimum absolute atomic E-state index is 0.0994. The van der Waals surface area contributed by atoms with Crippen molar-refractivity contribution in [3.05, 3.63) is 47.8 Å². The number of carbonyl (C=O) groups excluding carboxylic acids is 1. The van der Waals surface area contributed by atoms with Gasteiger partial charge in [0, 0.05) is 32.9 Å². The maximum Gasteiger partial charge on any atom is 0.270 e. The second-order valence-electron chi connectivity index (χ2n) is 7.63. The van der Waals surface area contributed by atoms with Crippen LogP contribution in [0, 0.1) is 0 Å². The first-order chi connectivity index (χ1) is 13.9. The molecule has 1 aromatic carbocycles. The smallest absolute Gasteiger partial charge is 0.270 e. The van der Waals surface area contributed by atoms with Gasteiger partial charge in [0.15, 0.2) is 0 Å². The highest BCUT2D eigenvalue weighted by Crippen LogP contribution is 2.33. The molecular weight excluding hydrogens is 386 g/mol. The first kappa shape index (κ1) is 21.4. The van der Waals surface area contributed by atoms with Crippen molar-refractivity contribution in [3.63, 3.8) is 0 Å². The summed E-state index contributed by atoms with van der Waals surface area (Å²) < 4.78 is 29.7. The van der Waals surface area contributed by atoms with Crippen LogP contribution in [-0.4, -0.2) is 43.4 Å². The number of para-hydroxylation sites is 1. The number of anilines is 1. The Morgan fingerprint density at radius 2 is 1.76 bits per heavy atom. The molecule has 7 heteroatoms. The van der Waals surface area contributed by atoms with E-state index in [-0.39, 0.29) is 10.8 Å². The Morgan fingerprint density at radius 1 is 1.10 bits per heavy atom. The molecule has 0 bridgehead atoms. The lowest BCUT2D eigenvalue weighted by molar-refractivity contribution is 0.0741. The van der Waals surface area contributed by atoms with Gasteiger partial charge in [0.2, 0.25) is 0 Å². The molecular formula is C22H31N3O3S. The summed E-state index contributed by atoms with van der Waals surface area (Å²) >= 11 is 0. The molecule has 1 aliphatic rings. The van der Waals surface area contributed by atoms with Crippen LogP contribution in [0.3, 0.4) is 0 Å². The summed E-state index contributed by atoms with van der Waals surface area (Å²) in [6.07, 6.45) is 6.16. The molecule has 0 aliphatic carbocycles. The lowest BCUT2D eigenvalue weighted by atomic mass is 10.2. The minimum atomic E-state index is -3.71. The van der Waals surface area contributed by atoms with Gasteiger partial charge in [-0.2, -0.15) is 0 Å². The second kappa shape index (κ2) is 9.03. The third kappa shape index (κ3) is 4.34. The van der Waals surface area contributed by atoms with E-state index in [0.29, 0.717) is 31.7 Å². The summed E-state index contributed by atoms with van der Waals surface area (Å²) in [5.41, 5.74) is 2.19. The fourth-order valence-electron chi connectivity index (χ4n) is 3.75. The first-order valence-corrected chi connectivity index (χ1v) is 11.9. The van der Waals surface area contributed by atoms with Crippen molar-refractivity contribution in [2.24, 2.45) is 7.05 Å². The molecule has 0 spiro atoms. The van der Waals surface area contributed by atoms with Gasteiger partial charge in [0.05, 0.1) is 5.69 Å². The van der Waals surface area contributed by atoms with Gasteiger partial charge in [-0.05, 0) is 37.0 Å². The normalized spacial score (nSPS) is 13.6. The van der Waals surface area contributed by atoms with E-state index in [4.69, 9.17) is 0 Å². The second-order valence-corrected chi connectivity index (χ2v) is 9.49. The van der Waals surface area contributed by atoms with Gasteiger partial charge in [0.1, 0.15) is 10.6 Å². The lowest BCUT2D eigenvalue weighted by Gasteiger charge is -2.22. The molecule has 158 valence electrons. The predicted octanol–water partition coefficient (Wildman–Crippen LogP) is 3.82.